The van der Waals surface area contributed by atoms with Crippen LogP contribution in [-0.4, -0.2) is 28.5 Å². The molecule has 0 fully saturated rings. The molecule has 4 nitrogen and oxygen atoms in total. The summed E-state index contributed by atoms with van der Waals surface area (Å²) >= 11 is 3.37. The Hall–Kier alpha value is -1.24. The van der Waals surface area contributed by atoms with Crippen molar-refractivity contribution in [2.45, 2.75) is 24.2 Å². The molecule has 0 spiro atoms. The summed E-state index contributed by atoms with van der Waals surface area (Å²) in [6.07, 6.45) is 2.13. The number of methoxy groups -OCH3 is 1. The second-order valence-electron chi connectivity index (χ2n) is 4.67. The average molecular weight is 308 g/mol. The van der Waals surface area contributed by atoms with Gasteiger partial charge in [-0.2, -0.15) is 0 Å². The van der Waals surface area contributed by atoms with Gasteiger partial charge in [-0.05, 0) is 37.1 Å². The van der Waals surface area contributed by atoms with Crippen LogP contribution < -0.4 is 0 Å². The third-order valence-corrected chi connectivity index (χ3v) is 5.56. The molecule has 0 radical (unpaired) electrons. The summed E-state index contributed by atoms with van der Waals surface area (Å²) in [4.78, 5) is 12.6. The van der Waals surface area contributed by atoms with Crippen LogP contribution >= 0.6 is 23.3 Å². The molecule has 0 aliphatic carbocycles. The molecular formula is C14H16N2O2S2. The van der Waals surface area contributed by atoms with Crippen molar-refractivity contribution < 1.29 is 9.53 Å². The van der Waals surface area contributed by atoms with Gasteiger partial charge in [0.05, 0.1) is 16.9 Å². The molecule has 1 aliphatic rings. The molecule has 1 aliphatic heterocycles. The Morgan fingerprint density at radius 3 is 3.10 bits per heavy atom. The molecule has 0 unspecified atom stereocenters. The summed E-state index contributed by atoms with van der Waals surface area (Å²) < 4.78 is 10.6. The zero-order valence-corrected chi connectivity index (χ0v) is 13.1. The van der Waals surface area contributed by atoms with Gasteiger partial charge in [0.25, 0.3) is 0 Å². The minimum atomic E-state index is -0.252. The van der Waals surface area contributed by atoms with E-state index >= 15 is 0 Å². The number of esters is 1. The third kappa shape index (κ3) is 2.63. The van der Waals surface area contributed by atoms with Gasteiger partial charge in [-0.25, -0.2) is 9.10 Å². The zero-order chi connectivity index (χ0) is 14.1. The van der Waals surface area contributed by atoms with E-state index in [9.17, 15) is 4.79 Å². The number of aromatic nitrogens is 1. The maximum Gasteiger partial charge on any atom is 0.339 e. The van der Waals surface area contributed by atoms with Gasteiger partial charge in [-0.15, -0.1) is 11.3 Å². The van der Waals surface area contributed by atoms with Gasteiger partial charge in [-0.1, -0.05) is 0 Å². The summed E-state index contributed by atoms with van der Waals surface area (Å²) in [7, 11) is 1.42. The first kappa shape index (κ1) is 13.7. The van der Waals surface area contributed by atoms with Gasteiger partial charge in [-0.3, -0.25) is 0 Å². The number of aryl methyl sites for hydroxylation is 1. The second kappa shape index (κ2) is 5.63. The summed E-state index contributed by atoms with van der Waals surface area (Å²) in [5.41, 5.74) is 2.02. The van der Waals surface area contributed by atoms with Crippen molar-refractivity contribution in [2.24, 2.45) is 0 Å². The quantitative estimate of drug-likeness (QED) is 0.644. The molecule has 0 aromatic carbocycles. The minimum Gasteiger partial charge on any atom is -0.465 e. The average Bonchev–Trinajstić information content (AvgIpc) is 3.04. The zero-order valence-electron chi connectivity index (χ0n) is 11.5. The highest BCUT2D eigenvalue weighted by Gasteiger charge is 2.19. The number of rotatable bonds is 3. The van der Waals surface area contributed by atoms with Gasteiger partial charge in [0.1, 0.15) is 0 Å². The predicted molar refractivity (Wildman–Crippen MR) is 81.1 cm³/mol. The number of thiophene rings is 1. The van der Waals surface area contributed by atoms with Gasteiger partial charge < -0.3 is 9.30 Å². The van der Waals surface area contributed by atoms with E-state index in [1.807, 2.05) is 13.0 Å². The number of carbonyl (C=O) groups excluding carboxylic acids is 1. The molecule has 106 valence electrons. The molecule has 2 aromatic heterocycles. The molecule has 0 atom stereocenters. The topological polar surface area (TPSA) is 34.5 Å². The molecular weight excluding hydrogens is 292 g/mol. The number of ether oxygens (including phenoxy) is 1. The predicted octanol–water partition coefficient (Wildman–Crippen LogP) is 3.17. The van der Waals surface area contributed by atoms with Crippen molar-refractivity contribution in [1.29, 1.82) is 0 Å². The Bertz CT molecular complexity index is 633. The van der Waals surface area contributed by atoms with Crippen LogP contribution in [0.3, 0.4) is 0 Å². The Labute approximate surface area is 126 Å². The maximum absolute atomic E-state index is 11.6. The minimum absolute atomic E-state index is 0.252. The first-order valence-electron chi connectivity index (χ1n) is 6.43. The number of nitrogens with zero attached hydrogens (tertiary/aromatic N) is 2. The highest BCUT2D eigenvalue weighted by molar-refractivity contribution is 7.98. The molecule has 0 saturated carbocycles. The third-order valence-electron chi connectivity index (χ3n) is 3.37. The number of fused-ring (bicyclic) bond motifs is 1. The van der Waals surface area contributed by atoms with Crippen molar-refractivity contribution in [2.75, 3.05) is 13.7 Å². The van der Waals surface area contributed by atoms with Crippen LogP contribution in [0.25, 0.3) is 0 Å². The lowest BCUT2D eigenvalue weighted by Gasteiger charge is -2.26. The first-order valence-corrected chi connectivity index (χ1v) is 8.02. The number of carbonyl (C=O) groups is 1. The van der Waals surface area contributed by atoms with Crippen LogP contribution in [-0.2, 0) is 17.8 Å². The summed E-state index contributed by atoms with van der Waals surface area (Å²) in [5.74, 6) is -0.252. The lowest BCUT2D eigenvalue weighted by molar-refractivity contribution is 0.0600. The second-order valence-corrected chi connectivity index (χ2v) is 7.33. The van der Waals surface area contributed by atoms with Gasteiger partial charge in [0, 0.05) is 36.4 Å². The smallest absolute Gasteiger partial charge is 0.339 e. The van der Waals surface area contributed by atoms with Crippen LogP contribution in [0.4, 0.5) is 0 Å². The van der Waals surface area contributed by atoms with Crippen molar-refractivity contribution in [3.8, 4) is 0 Å². The van der Waals surface area contributed by atoms with Crippen LogP contribution in [0.1, 0.15) is 20.9 Å². The fraction of sp³-hybridized carbons (Fsp3) is 0.357. The van der Waals surface area contributed by atoms with E-state index in [1.165, 1.54) is 12.8 Å². The molecule has 0 N–H and O–H groups in total. The Morgan fingerprint density at radius 2 is 2.30 bits per heavy atom. The van der Waals surface area contributed by atoms with E-state index in [-0.39, 0.29) is 5.97 Å². The normalized spacial score (nSPS) is 15.1. The molecule has 2 aromatic rings. The summed E-state index contributed by atoms with van der Waals surface area (Å²) in [6.45, 7) is 4.92. The molecule has 0 bridgehead atoms. The fourth-order valence-electron chi connectivity index (χ4n) is 2.31. The van der Waals surface area contributed by atoms with E-state index in [0.717, 1.165) is 28.7 Å². The molecule has 3 rings (SSSR count). The van der Waals surface area contributed by atoms with Crippen LogP contribution in [0.2, 0.25) is 0 Å². The lowest BCUT2D eigenvalue weighted by Crippen LogP contribution is -2.27. The summed E-state index contributed by atoms with van der Waals surface area (Å²) in [5, 5.41) is 0. The number of hydrogen-bond acceptors (Lipinski definition) is 5. The van der Waals surface area contributed by atoms with Crippen molar-refractivity contribution in [3.05, 3.63) is 40.5 Å². The van der Waals surface area contributed by atoms with Crippen LogP contribution in [0, 0.1) is 6.92 Å². The van der Waals surface area contributed by atoms with Crippen molar-refractivity contribution in [1.82, 2.24) is 8.87 Å². The van der Waals surface area contributed by atoms with E-state index in [2.05, 4.69) is 27.2 Å². The molecule has 0 amide bonds. The Balaban J connectivity index is 1.71. The molecule has 3 heterocycles. The van der Waals surface area contributed by atoms with E-state index < -0.39 is 0 Å². The van der Waals surface area contributed by atoms with E-state index in [0.29, 0.717) is 5.56 Å². The first-order chi connectivity index (χ1) is 9.67. The van der Waals surface area contributed by atoms with Crippen molar-refractivity contribution >= 4 is 29.3 Å². The standard InChI is InChI=1S/C14H16N2O2S2/c1-10-12(14(17)18-2)8-13(19-10)20-16-7-6-15-5-3-4-11(15)9-16/h3-5,8H,6-7,9H2,1-2H3. The monoisotopic (exact) mass is 308 g/mol. The Morgan fingerprint density at radius 1 is 1.45 bits per heavy atom. The fourth-order valence-corrected chi connectivity index (χ4v) is 4.67. The Kier molecular flexibility index (Phi) is 3.87. The molecule has 6 heteroatoms. The van der Waals surface area contributed by atoms with Crippen molar-refractivity contribution in [3.63, 3.8) is 0 Å². The highest BCUT2D eigenvalue weighted by atomic mass is 32.2. The lowest BCUT2D eigenvalue weighted by atomic mass is 10.3. The van der Waals surface area contributed by atoms with Crippen LogP contribution in [0.5, 0.6) is 0 Å². The highest BCUT2D eigenvalue weighted by Crippen LogP contribution is 2.34. The van der Waals surface area contributed by atoms with E-state index in [1.54, 1.807) is 23.3 Å². The van der Waals surface area contributed by atoms with Gasteiger partial charge >= 0.3 is 5.97 Å². The van der Waals surface area contributed by atoms with E-state index in [4.69, 9.17) is 4.74 Å². The van der Waals surface area contributed by atoms with Gasteiger partial charge in [0.2, 0.25) is 0 Å². The molecule has 0 saturated heterocycles. The molecule has 20 heavy (non-hydrogen) atoms. The largest absolute Gasteiger partial charge is 0.465 e. The SMILES string of the molecule is COC(=O)c1cc(SN2CCn3cccc3C2)sc1C. The van der Waals surface area contributed by atoms with Gasteiger partial charge in [0.15, 0.2) is 0 Å². The maximum atomic E-state index is 11.6. The van der Waals surface area contributed by atoms with Crippen LogP contribution in [0.15, 0.2) is 28.6 Å². The summed E-state index contributed by atoms with van der Waals surface area (Å²) in [6, 6.07) is 6.19. The number of hydrogen-bond donors (Lipinski definition) is 0.